The third-order valence-electron chi connectivity index (χ3n) is 3.50. The predicted octanol–water partition coefficient (Wildman–Crippen LogP) is 5.09. The van der Waals surface area contributed by atoms with Gasteiger partial charge in [-0.2, -0.15) is 0 Å². The molecule has 3 aromatic rings. The van der Waals surface area contributed by atoms with Crippen molar-refractivity contribution >= 4 is 27.1 Å². The molecule has 0 saturated carbocycles. The Hall–Kier alpha value is -2.00. The Bertz CT molecular complexity index is 748. The maximum absolute atomic E-state index is 9.53. The Morgan fingerprint density at radius 2 is 1.90 bits per heavy atom. The number of phenols is 1. The highest BCUT2D eigenvalue weighted by molar-refractivity contribution is 7.19. The zero-order valence-corrected chi connectivity index (χ0v) is 12.4. The van der Waals surface area contributed by atoms with Crippen molar-refractivity contribution < 1.29 is 5.11 Å². The van der Waals surface area contributed by atoms with Crippen LogP contribution < -0.4 is 5.32 Å². The molecule has 102 valence electrons. The smallest absolute Gasteiger partial charge is 0.117 e. The molecule has 0 saturated heterocycles. The van der Waals surface area contributed by atoms with Crippen LogP contribution >= 0.6 is 11.3 Å². The van der Waals surface area contributed by atoms with Gasteiger partial charge in [-0.25, -0.2) is 0 Å². The van der Waals surface area contributed by atoms with Crippen LogP contribution in [0.4, 0.5) is 5.69 Å². The lowest BCUT2D eigenvalue weighted by atomic mass is 10.1. The summed E-state index contributed by atoms with van der Waals surface area (Å²) in [7, 11) is 0. The second-order valence-corrected chi connectivity index (χ2v) is 6.09. The lowest BCUT2D eigenvalue weighted by molar-refractivity contribution is 0.475. The van der Waals surface area contributed by atoms with E-state index in [1.54, 1.807) is 12.1 Å². The van der Waals surface area contributed by atoms with Crippen molar-refractivity contribution in [1.29, 1.82) is 0 Å². The van der Waals surface area contributed by atoms with Gasteiger partial charge in [-0.3, -0.25) is 0 Å². The number of hydrogen-bond acceptors (Lipinski definition) is 3. The normalized spacial score (nSPS) is 12.5. The first-order valence-corrected chi connectivity index (χ1v) is 7.50. The standard InChI is InChI=1S/C17H17NOS/c1-11-15-8-3-4-9-16(15)20-17(11)12(2)18-13-6-5-7-14(19)10-13/h3-10,12,18-19H,1-2H3. The molecule has 20 heavy (non-hydrogen) atoms. The minimum Gasteiger partial charge on any atom is -0.508 e. The molecule has 1 unspecified atom stereocenters. The first-order valence-electron chi connectivity index (χ1n) is 6.69. The van der Waals surface area contributed by atoms with Crippen LogP contribution in [0.25, 0.3) is 10.1 Å². The van der Waals surface area contributed by atoms with Crippen LogP contribution in [0.1, 0.15) is 23.4 Å². The number of aryl methyl sites for hydroxylation is 1. The SMILES string of the molecule is Cc1c(C(C)Nc2cccc(O)c2)sc2ccccc12. The predicted molar refractivity (Wildman–Crippen MR) is 86.7 cm³/mol. The Kier molecular flexibility index (Phi) is 3.36. The minimum atomic E-state index is 0.217. The molecule has 3 heteroatoms. The van der Waals surface area contributed by atoms with Gasteiger partial charge in [-0.1, -0.05) is 24.3 Å². The molecular formula is C17H17NOS. The largest absolute Gasteiger partial charge is 0.508 e. The van der Waals surface area contributed by atoms with Gasteiger partial charge >= 0.3 is 0 Å². The van der Waals surface area contributed by atoms with Gasteiger partial charge in [0.05, 0.1) is 6.04 Å². The van der Waals surface area contributed by atoms with Gasteiger partial charge in [0.25, 0.3) is 0 Å². The number of anilines is 1. The maximum atomic E-state index is 9.53. The van der Waals surface area contributed by atoms with E-state index in [1.807, 2.05) is 23.5 Å². The average molecular weight is 283 g/mol. The van der Waals surface area contributed by atoms with E-state index in [2.05, 4.69) is 43.4 Å². The zero-order chi connectivity index (χ0) is 14.1. The fraction of sp³-hybridized carbons (Fsp3) is 0.176. The van der Waals surface area contributed by atoms with Crippen LogP contribution in [-0.2, 0) is 0 Å². The van der Waals surface area contributed by atoms with Gasteiger partial charge in [0, 0.05) is 21.3 Å². The summed E-state index contributed by atoms with van der Waals surface area (Å²) < 4.78 is 1.32. The third kappa shape index (κ3) is 2.37. The van der Waals surface area contributed by atoms with Crippen molar-refractivity contribution in [1.82, 2.24) is 0 Å². The number of fused-ring (bicyclic) bond motifs is 1. The van der Waals surface area contributed by atoms with Gasteiger partial charge in [-0.15, -0.1) is 11.3 Å². The van der Waals surface area contributed by atoms with Crippen molar-refractivity contribution in [2.75, 3.05) is 5.32 Å². The minimum absolute atomic E-state index is 0.217. The molecule has 0 bridgehead atoms. The van der Waals surface area contributed by atoms with E-state index in [0.29, 0.717) is 0 Å². The molecule has 2 N–H and O–H groups in total. The molecule has 2 aromatic carbocycles. The molecule has 3 rings (SSSR count). The summed E-state index contributed by atoms with van der Waals surface area (Å²) in [6.07, 6.45) is 0. The summed E-state index contributed by atoms with van der Waals surface area (Å²) in [5, 5.41) is 14.3. The molecule has 0 amide bonds. The molecule has 0 aliphatic rings. The summed E-state index contributed by atoms with van der Waals surface area (Å²) in [5.74, 6) is 0.287. The van der Waals surface area contributed by atoms with Gasteiger partial charge in [0.2, 0.25) is 0 Å². The summed E-state index contributed by atoms with van der Waals surface area (Å²) in [5.41, 5.74) is 2.28. The maximum Gasteiger partial charge on any atom is 0.117 e. The lowest BCUT2D eigenvalue weighted by Crippen LogP contribution is -2.05. The fourth-order valence-electron chi connectivity index (χ4n) is 2.52. The molecule has 1 aromatic heterocycles. The zero-order valence-electron chi connectivity index (χ0n) is 11.6. The molecule has 1 heterocycles. The first-order chi connectivity index (χ1) is 9.65. The van der Waals surface area contributed by atoms with Gasteiger partial charge in [0.15, 0.2) is 0 Å². The van der Waals surface area contributed by atoms with Crippen LogP contribution in [0.5, 0.6) is 5.75 Å². The lowest BCUT2D eigenvalue weighted by Gasteiger charge is -2.15. The van der Waals surface area contributed by atoms with E-state index in [-0.39, 0.29) is 11.8 Å². The quantitative estimate of drug-likeness (QED) is 0.702. The molecule has 0 fully saturated rings. The number of benzene rings is 2. The molecule has 0 aliphatic carbocycles. The van der Waals surface area contributed by atoms with Crippen LogP contribution in [0.15, 0.2) is 48.5 Å². The summed E-state index contributed by atoms with van der Waals surface area (Å²) in [6.45, 7) is 4.33. The van der Waals surface area contributed by atoms with Crippen molar-refractivity contribution in [2.24, 2.45) is 0 Å². The summed E-state index contributed by atoms with van der Waals surface area (Å²) in [4.78, 5) is 1.34. The molecular weight excluding hydrogens is 266 g/mol. The molecule has 0 aliphatic heterocycles. The Balaban J connectivity index is 1.92. The summed E-state index contributed by atoms with van der Waals surface area (Å²) in [6, 6.07) is 16.0. The van der Waals surface area contributed by atoms with E-state index in [9.17, 15) is 5.11 Å². The van der Waals surface area contributed by atoms with Crippen LogP contribution in [-0.4, -0.2) is 5.11 Å². The summed E-state index contributed by atoms with van der Waals surface area (Å²) >= 11 is 1.83. The van der Waals surface area contributed by atoms with E-state index >= 15 is 0 Å². The van der Waals surface area contributed by atoms with Crippen molar-refractivity contribution in [3.05, 3.63) is 59.0 Å². The molecule has 2 nitrogen and oxygen atoms in total. The van der Waals surface area contributed by atoms with E-state index in [1.165, 1.54) is 20.5 Å². The van der Waals surface area contributed by atoms with Crippen LogP contribution in [0.3, 0.4) is 0 Å². The molecule has 1 atom stereocenters. The highest BCUT2D eigenvalue weighted by Gasteiger charge is 2.14. The molecule has 0 spiro atoms. The van der Waals surface area contributed by atoms with Gasteiger partial charge in [-0.05, 0) is 43.0 Å². The third-order valence-corrected chi connectivity index (χ3v) is 4.96. The van der Waals surface area contributed by atoms with E-state index in [0.717, 1.165) is 5.69 Å². The van der Waals surface area contributed by atoms with Crippen molar-refractivity contribution in [2.45, 2.75) is 19.9 Å². The number of rotatable bonds is 3. The first kappa shape index (κ1) is 13.0. The highest BCUT2D eigenvalue weighted by atomic mass is 32.1. The Labute approximate surface area is 122 Å². The monoisotopic (exact) mass is 283 g/mol. The Morgan fingerprint density at radius 1 is 1.10 bits per heavy atom. The Morgan fingerprint density at radius 3 is 2.65 bits per heavy atom. The van der Waals surface area contributed by atoms with E-state index in [4.69, 9.17) is 0 Å². The van der Waals surface area contributed by atoms with Crippen LogP contribution in [0.2, 0.25) is 0 Å². The molecule has 0 radical (unpaired) electrons. The van der Waals surface area contributed by atoms with E-state index < -0.39 is 0 Å². The second-order valence-electron chi connectivity index (χ2n) is 5.00. The average Bonchev–Trinajstić information content (AvgIpc) is 2.77. The highest BCUT2D eigenvalue weighted by Crippen LogP contribution is 2.36. The topological polar surface area (TPSA) is 32.3 Å². The second kappa shape index (κ2) is 5.17. The van der Waals surface area contributed by atoms with Crippen molar-refractivity contribution in [3.8, 4) is 5.75 Å². The number of phenolic OH excluding ortho intramolecular Hbond substituents is 1. The number of aromatic hydroxyl groups is 1. The fourth-order valence-corrected chi connectivity index (χ4v) is 3.73. The number of nitrogens with one attached hydrogen (secondary N) is 1. The number of thiophene rings is 1. The number of hydrogen-bond donors (Lipinski definition) is 2. The van der Waals surface area contributed by atoms with Crippen LogP contribution in [0, 0.1) is 6.92 Å². The van der Waals surface area contributed by atoms with Gasteiger partial charge in [0.1, 0.15) is 5.75 Å². The van der Waals surface area contributed by atoms with Gasteiger partial charge < -0.3 is 10.4 Å². The van der Waals surface area contributed by atoms with Crippen molar-refractivity contribution in [3.63, 3.8) is 0 Å².